The molecular weight excluding hydrogens is 462 g/mol. The van der Waals surface area contributed by atoms with Crippen LogP contribution in [-0.4, -0.2) is 11.7 Å². The van der Waals surface area contributed by atoms with Gasteiger partial charge >= 0.3 is 0 Å². The molecule has 2 nitrogen and oxygen atoms in total. The number of aryl methyl sites for hydroxylation is 2. The van der Waals surface area contributed by atoms with Gasteiger partial charge in [0.1, 0.15) is 0 Å². The summed E-state index contributed by atoms with van der Waals surface area (Å²) in [6.45, 7) is 10.7. The van der Waals surface area contributed by atoms with Gasteiger partial charge in [-0.15, -0.1) is 11.8 Å². The van der Waals surface area contributed by atoms with Gasteiger partial charge in [0.05, 0.1) is 11.4 Å². The van der Waals surface area contributed by atoms with Crippen LogP contribution in [0.5, 0.6) is 0 Å². The van der Waals surface area contributed by atoms with Crippen molar-refractivity contribution in [2.75, 3.05) is 11.1 Å². The van der Waals surface area contributed by atoms with Crippen LogP contribution in [0.2, 0.25) is 0 Å². The van der Waals surface area contributed by atoms with Crippen LogP contribution in [0.1, 0.15) is 37.5 Å². The zero-order valence-electron chi connectivity index (χ0n) is 15.2. The van der Waals surface area contributed by atoms with Gasteiger partial charge in [-0.25, -0.2) is 0 Å². The number of anilines is 1. The Bertz CT molecular complexity index is 774. The molecule has 0 aromatic heterocycles. The molecule has 0 aliphatic carbocycles. The van der Waals surface area contributed by atoms with E-state index in [0.29, 0.717) is 5.75 Å². The number of nitrogens with one attached hydrogen (secondary N) is 1. The number of carbonyl (C=O) groups is 1. The molecule has 2 rings (SSSR count). The second kappa shape index (κ2) is 8.28. The minimum atomic E-state index is -0.00307. The summed E-state index contributed by atoms with van der Waals surface area (Å²) in [5.74, 6) is 0.382. The highest BCUT2D eigenvalue weighted by Crippen LogP contribution is 2.32. The van der Waals surface area contributed by atoms with Gasteiger partial charge in [-0.1, -0.05) is 48.8 Å². The first-order valence-electron chi connectivity index (χ1n) is 8.07. The van der Waals surface area contributed by atoms with Gasteiger partial charge in [-0.2, -0.15) is 0 Å². The van der Waals surface area contributed by atoms with E-state index in [4.69, 9.17) is 0 Å². The summed E-state index contributed by atoms with van der Waals surface area (Å²) in [6, 6.07) is 10.4. The minimum Gasteiger partial charge on any atom is -0.324 e. The van der Waals surface area contributed by atoms with E-state index in [1.807, 2.05) is 19.1 Å². The lowest BCUT2D eigenvalue weighted by molar-refractivity contribution is -0.113. The summed E-state index contributed by atoms with van der Waals surface area (Å²) >= 11 is 8.56. The third kappa shape index (κ3) is 5.60. The molecule has 0 atom stereocenters. The maximum atomic E-state index is 12.4. The van der Waals surface area contributed by atoms with Crippen LogP contribution >= 0.6 is 43.6 Å². The number of amides is 1. The molecule has 0 aliphatic rings. The lowest BCUT2D eigenvalue weighted by Gasteiger charge is -2.20. The molecule has 0 spiro atoms. The third-order valence-corrected chi connectivity index (χ3v) is 6.17. The molecular formula is C20H23Br2NOS. The van der Waals surface area contributed by atoms with Crippen LogP contribution in [0.4, 0.5) is 5.69 Å². The largest absolute Gasteiger partial charge is 0.324 e. The maximum Gasteiger partial charge on any atom is 0.234 e. The van der Waals surface area contributed by atoms with Crippen molar-refractivity contribution in [3.8, 4) is 0 Å². The molecule has 1 amide bonds. The fraction of sp³-hybridized carbons (Fsp3) is 0.350. The molecule has 0 saturated carbocycles. The van der Waals surface area contributed by atoms with Crippen LogP contribution in [0.25, 0.3) is 0 Å². The highest BCUT2D eigenvalue weighted by Gasteiger charge is 2.16. The monoisotopic (exact) mass is 483 g/mol. The molecule has 134 valence electrons. The predicted molar refractivity (Wildman–Crippen MR) is 116 cm³/mol. The van der Waals surface area contributed by atoms with Crippen LogP contribution in [0.15, 0.2) is 44.2 Å². The van der Waals surface area contributed by atoms with Crippen molar-refractivity contribution in [2.24, 2.45) is 0 Å². The van der Waals surface area contributed by atoms with E-state index >= 15 is 0 Å². The summed E-state index contributed by atoms with van der Waals surface area (Å²) in [6.07, 6.45) is 0. The van der Waals surface area contributed by atoms with Crippen molar-refractivity contribution >= 4 is 55.2 Å². The van der Waals surface area contributed by atoms with E-state index in [1.165, 1.54) is 11.1 Å². The van der Waals surface area contributed by atoms with Crippen LogP contribution < -0.4 is 5.32 Å². The SMILES string of the molecule is Cc1ccc(C(C)(C)C)cc1SCC(=O)Nc1c(C)cc(Br)cc1Br. The highest BCUT2D eigenvalue weighted by molar-refractivity contribution is 9.11. The molecule has 5 heteroatoms. The van der Waals surface area contributed by atoms with Gasteiger partial charge in [-0.3, -0.25) is 4.79 Å². The molecule has 0 aliphatic heterocycles. The number of rotatable bonds is 4. The van der Waals surface area contributed by atoms with Crippen molar-refractivity contribution in [3.05, 3.63) is 56.0 Å². The highest BCUT2D eigenvalue weighted by atomic mass is 79.9. The Morgan fingerprint density at radius 1 is 1.08 bits per heavy atom. The number of thioether (sulfide) groups is 1. The molecule has 2 aromatic rings. The van der Waals surface area contributed by atoms with Gasteiger partial charge in [0.2, 0.25) is 5.91 Å². The fourth-order valence-corrected chi connectivity index (χ4v) is 4.80. The van der Waals surface area contributed by atoms with E-state index in [0.717, 1.165) is 25.1 Å². The van der Waals surface area contributed by atoms with Crippen LogP contribution in [-0.2, 0) is 10.2 Å². The Hall–Kier alpha value is -0.780. The number of hydrogen-bond donors (Lipinski definition) is 1. The Morgan fingerprint density at radius 3 is 2.36 bits per heavy atom. The average molecular weight is 485 g/mol. The second-order valence-electron chi connectivity index (χ2n) is 7.15. The zero-order valence-corrected chi connectivity index (χ0v) is 19.2. The van der Waals surface area contributed by atoms with Gasteiger partial charge in [0.15, 0.2) is 0 Å². The summed E-state index contributed by atoms with van der Waals surface area (Å²) in [4.78, 5) is 13.6. The molecule has 1 N–H and O–H groups in total. The Morgan fingerprint density at radius 2 is 1.76 bits per heavy atom. The van der Waals surface area contributed by atoms with Crippen molar-refractivity contribution in [2.45, 2.75) is 44.9 Å². The Kier molecular flexibility index (Phi) is 6.80. The number of halogens is 2. The molecule has 0 unspecified atom stereocenters. The van der Waals surface area contributed by atoms with E-state index < -0.39 is 0 Å². The van der Waals surface area contributed by atoms with Crippen molar-refractivity contribution < 1.29 is 4.79 Å². The van der Waals surface area contributed by atoms with E-state index in [2.05, 4.69) is 83.1 Å². The maximum absolute atomic E-state index is 12.4. The first kappa shape index (κ1) is 20.5. The van der Waals surface area contributed by atoms with Crippen molar-refractivity contribution in [1.29, 1.82) is 0 Å². The molecule has 2 aromatic carbocycles. The molecule has 0 radical (unpaired) electrons. The Labute approximate surface area is 171 Å². The molecule has 25 heavy (non-hydrogen) atoms. The molecule has 0 bridgehead atoms. The van der Waals surface area contributed by atoms with Gasteiger partial charge < -0.3 is 5.32 Å². The third-order valence-electron chi connectivity index (χ3n) is 3.93. The molecule has 0 fully saturated rings. The van der Waals surface area contributed by atoms with E-state index in [-0.39, 0.29) is 11.3 Å². The summed E-state index contributed by atoms with van der Waals surface area (Å²) in [7, 11) is 0. The lowest BCUT2D eigenvalue weighted by atomic mass is 9.87. The first-order chi connectivity index (χ1) is 11.6. The van der Waals surface area contributed by atoms with Gasteiger partial charge in [0, 0.05) is 13.8 Å². The number of benzene rings is 2. The average Bonchev–Trinajstić information content (AvgIpc) is 2.48. The standard InChI is InChI=1S/C20H23Br2NOS/c1-12-6-7-14(20(3,4)5)9-17(12)25-11-18(24)23-19-13(2)8-15(21)10-16(19)22/h6-10H,11H2,1-5H3,(H,23,24). The summed E-state index contributed by atoms with van der Waals surface area (Å²) in [5, 5.41) is 3.01. The lowest BCUT2D eigenvalue weighted by Crippen LogP contribution is -2.15. The van der Waals surface area contributed by atoms with Crippen LogP contribution in [0, 0.1) is 13.8 Å². The van der Waals surface area contributed by atoms with Crippen LogP contribution in [0.3, 0.4) is 0 Å². The minimum absolute atomic E-state index is 0.00307. The zero-order chi connectivity index (χ0) is 18.8. The fourth-order valence-electron chi connectivity index (χ4n) is 2.40. The van der Waals surface area contributed by atoms with Gasteiger partial charge in [-0.05, 0) is 70.1 Å². The first-order valence-corrected chi connectivity index (χ1v) is 10.6. The molecule has 0 saturated heterocycles. The van der Waals surface area contributed by atoms with Crippen molar-refractivity contribution in [3.63, 3.8) is 0 Å². The van der Waals surface area contributed by atoms with E-state index in [1.54, 1.807) is 11.8 Å². The van der Waals surface area contributed by atoms with E-state index in [9.17, 15) is 4.79 Å². The molecule has 0 heterocycles. The predicted octanol–water partition coefficient (Wildman–Crippen LogP) is 6.86. The number of carbonyl (C=O) groups excluding carboxylic acids is 1. The topological polar surface area (TPSA) is 29.1 Å². The smallest absolute Gasteiger partial charge is 0.234 e. The normalized spacial score (nSPS) is 11.5. The summed E-state index contributed by atoms with van der Waals surface area (Å²) < 4.78 is 1.86. The Balaban J connectivity index is 2.08. The second-order valence-corrected chi connectivity index (χ2v) is 9.93. The van der Waals surface area contributed by atoms with Gasteiger partial charge in [0.25, 0.3) is 0 Å². The number of hydrogen-bond acceptors (Lipinski definition) is 2. The quantitative estimate of drug-likeness (QED) is 0.480. The van der Waals surface area contributed by atoms with Crippen molar-refractivity contribution in [1.82, 2.24) is 0 Å². The summed E-state index contributed by atoms with van der Waals surface area (Å²) in [5.41, 5.74) is 4.43.